The number of piperazine rings is 1. The predicted octanol–water partition coefficient (Wildman–Crippen LogP) is 5.96. The normalized spacial score (nSPS) is 14.1. The van der Waals surface area contributed by atoms with Gasteiger partial charge in [-0.15, -0.1) is 0 Å². The van der Waals surface area contributed by atoms with E-state index in [1.54, 1.807) is 7.11 Å². The summed E-state index contributed by atoms with van der Waals surface area (Å²) in [6.07, 6.45) is 2.48. The number of ether oxygens (including phenoxy) is 2. The van der Waals surface area contributed by atoms with Gasteiger partial charge in [-0.25, -0.2) is 19.7 Å². The van der Waals surface area contributed by atoms with E-state index in [2.05, 4.69) is 47.7 Å². The van der Waals surface area contributed by atoms with Crippen LogP contribution in [-0.4, -0.2) is 84.3 Å². The lowest BCUT2D eigenvalue weighted by Gasteiger charge is -2.32. The number of carbonyl (C=O) groups is 1. The average Bonchev–Trinajstić information content (AvgIpc) is 3.42. The maximum atomic E-state index is 12.6. The van der Waals surface area contributed by atoms with Crippen LogP contribution in [0.2, 0.25) is 0 Å². The first kappa shape index (κ1) is 29.5. The van der Waals surface area contributed by atoms with Gasteiger partial charge in [-0.2, -0.15) is 0 Å². The number of thiazole rings is 1. The second-order valence-electron chi connectivity index (χ2n) is 10.8. The first-order chi connectivity index (χ1) is 21.4. The summed E-state index contributed by atoms with van der Waals surface area (Å²) in [5, 5.41) is 10.5. The molecule has 12 heteroatoms. The molecular formula is C32H36N8O3S. The summed E-state index contributed by atoms with van der Waals surface area (Å²) in [4.78, 5) is 31.0. The van der Waals surface area contributed by atoms with Crippen molar-refractivity contribution in [3.05, 3.63) is 66.5 Å². The summed E-state index contributed by atoms with van der Waals surface area (Å²) in [6, 6.07) is 16.9. The predicted molar refractivity (Wildman–Crippen MR) is 177 cm³/mol. The Morgan fingerprint density at radius 2 is 1.82 bits per heavy atom. The molecule has 0 atom stereocenters. The molecule has 1 aliphatic rings. The Morgan fingerprint density at radius 3 is 2.64 bits per heavy atom. The lowest BCUT2D eigenvalue weighted by atomic mass is 10.2. The number of rotatable bonds is 10. The van der Waals surface area contributed by atoms with Gasteiger partial charge in [0.25, 0.3) is 0 Å². The number of anilines is 4. The summed E-state index contributed by atoms with van der Waals surface area (Å²) in [5.41, 5.74) is 4.11. The second kappa shape index (κ2) is 13.4. The van der Waals surface area contributed by atoms with Crippen LogP contribution in [0.15, 0.2) is 60.9 Å². The number of amides is 2. The van der Waals surface area contributed by atoms with Crippen molar-refractivity contribution < 1.29 is 14.3 Å². The maximum Gasteiger partial charge on any atom is 0.325 e. The number of carbonyl (C=O) groups excluding carboxylic acids is 1. The summed E-state index contributed by atoms with van der Waals surface area (Å²) in [7, 11) is 3.81. The quantitative estimate of drug-likeness (QED) is 0.164. The van der Waals surface area contributed by atoms with Gasteiger partial charge in [-0.3, -0.25) is 5.32 Å². The van der Waals surface area contributed by atoms with E-state index >= 15 is 0 Å². The highest BCUT2D eigenvalue weighted by Gasteiger charge is 2.15. The molecule has 2 aromatic heterocycles. The van der Waals surface area contributed by atoms with E-state index in [9.17, 15) is 4.79 Å². The zero-order chi connectivity index (χ0) is 30.5. The van der Waals surface area contributed by atoms with Crippen LogP contribution in [0.1, 0.15) is 12.0 Å². The van der Waals surface area contributed by atoms with Gasteiger partial charge in [0.2, 0.25) is 0 Å². The lowest BCUT2D eigenvalue weighted by molar-refractivity contribution is 0.145. The van der Waals surface area contributed by atoms with Gasteiger partial charge in [0, 0.05) is 55.6 Å². The fraction of sp³-hybridized carbons (Fsp3) is 0.312. The largest absolute Gasteiger partial charge is 0.493 e. The molecule has 0 unspecified atom stereocenters. The van der Waals surface area contributed by atoms with Gasteiger partial charge >= 0.3 is 6.03 Å². The highest BCUT2D eigenvalue weighted by Crippen LogP contribution is 2.36. The minimum Gasteiger partial charge on any atom is -0.493 e. The average molecular weight is 613 g/mol. The van der Waals surface area contributed by atoms with E-state index in [-0.39, 0.29) is 6.03 Å². The van der Waals surface area contributed by atoms with Gasteiger partial charge in [-0.05, 0) is 56.3 Å². The number of fused-ring (bicyclic) bond motifs is 2. The SMILES string of the molecule is COc1cc2c(Nc3ccc4nc(NC(=O)Nc5ccccc5C)sc4c3)ncnc2cc1OCCCN1CCN(C)CC1. The molecule has 6 rings (SSSR count). The maximum absolute atomic E-state index is 12.6. The Kier molecular flexibility index (Phi) is 9.01. The van der Waals surface area contributed by atoms with Gasteiger partial charge in [-0.1, -0.05) is 29.5 Å². The number of hydrogen-bond acceptors (Lipinski definition) is 10. The molecule has 11 nitrogen and oxygen atoms in total. The summed E-state index contributed by atoms with van der Waals surface area (Å²) < 4.78 is 12.7. The third-order valence-electron chi connectivity index (χ3n) is 7.66. The molecule has 1 saturated heterocycles. The highest BCUT2D eigenvalue weighted by molar-refractivity contribution is 7.22. The summed E-state index contributed by atoms with van der Waals surface area (Å²) in [6.45, 7) is 7.98. The molecule has 1 fully saturated rings. The van der Waals surface area contributed by atoms with Gasteiger partial charge in [0.1, 0.15) is 12.1 Å². The molecule has 0 saturated carbocycles. The monoisotopic (exact) mass is 612 g/mol. The molecule has 3 aromatic carbocycles. The number of urea groups is 1. The smallest absolute Gasteiger partial charge is 0.325 e. The first-order valence-corrected chi connectivity index (χ1v) is 15.4. The van der Waals surface area contributed by atoms with E-state index < -0.39 is 0 Å². The van der Waals surface area contributed by atoms with Gasteiger partial charge in [0.05, 0.1) is 29.5 Å². The Hall–Kier alpha value is -4.52. The topological polar surface area (TPSA) is 117 Å². The van der Waals surface area contributed by atoms with Crippen molar-refractivity contribution in [1.29, 1.82) is 0 Å². The molecule has 0 aliphatic carbocycles. The van der Waals surface area contributed by atoms with Crippen molar-refractivity contribution in [2.24, 2.45) is 0 Å². The number of aromatic nitrogens is 3. The molecule has 1 aliphatic heterocycles. The van der Waals surface area contributed by atoms with Crippen LogP contribution in [0.25, 0.3) is 21.1 Å². The molecule has 0 bridgehead atoms. The zero-order valence-electron chi connectivity index (χ0n) is 25.1. The van der Waals surface area contributed by atoms with E-state index in [1.807, 2.05) is 61.5 Å². The number of methoxy groups -OCH3 is 1. The summed E-state index contributed by atoms with van der Waals surface area (Å²) in [5.74, 6) is 1.95. The van der Waals surface area contributed by atoms with E-state index in [0.717, 1.165) is 77.2 Å². The van der Waals surface area contributed by atoms with Crippen LogP contribution in [0.5, 0.6) is 11.5 Å². The van der Waals surface area contributed by atoms with Crippen molar-refractivity contribution in [2.45, 2.75) is 13.3 Å². The van der Waals surface area contributed by atoms with Crippen LogP contribution in [0.4, 0.5) is 27.1 Å². The number of nitrogens with zero attached hydrogens (tertiary/aromatic N) is 5. The Morgan fingerprint density at radius 1 is 0.977 bits per heavy atom. The number of aryl methyl sites for hydroxylation is 1. The van der Waals surface area contributed by atoms with Crippen molar-refractivity contribution in [3.63, 3.8) is 0 Å². The molecule has 228 valence electrons. The molecule has 3 heterocycles. The fourth-order valence-corrected chi connectivity index (χ4v) is 6.03. The number of benzene rings is 3. The van der Waals surface area contributed by atoms with Crippen molar-refractivity contribution in [1.82, 2.24) is 24.8 Å². The van der Waals surface area contributed by atoms with E-state index in [0.29, 0.717) is 29.1 Å². The number of nitrogens with one attached hydrogen (secondary N) is 3. The standard InChI is InChI=1S/C32H36N8O3S/c1-21-7-4-5-8-24(21)36-31(41)38-32-37-25-10-9-22(17-29(25)44-32)35-30-23-18-27(42-3)28(19-26(23)33-20-34-30)43-16-6-11-40-14-12-39(2)13-15-40/h4-5,7-10,17-20H,6,11-16H2,1-3H3,(H,33,34,35)(H2,36,37,38,41). The first-order valence-electron chi connectivity index (χ1n) is 14.6. The molecule has 5 aromatic rings. The molecule has 44 heavy (non-hydrogen) atoms. The van der Waals surface area contributed by atoms with Crippen molar-refractivity contribution in [3.8, 4) is 11.5 Å². The zero-order valence-corrected chi connectivity index (χ0v) is 25.9. The van der Waals surface area contributed by atoms with Crippen molar-refractivity contribution in [2.75, 3.05) is 69.4 Å². The van der Waals surface area contributed by atoms with Crippen LogP contribution >= 0.6 is 11.3 Å². The van der Waals surface area contributed by atoms with E-state index in [4.69, 9.17) is 9.47 Å². The molecule has 0 radical (unpaired) electrons. The fourth-order valence-electron chi connectivity index (χ4n) is 5.13. The Bertz CT molecular complexity index is 1770. The number of hydrogen-bond donors (Lipinski definition) is 3. The van der Waals surface area contributed by atoms with Gasteiger partial charge in [0.15, 0.2) is 16.6 Å². The molecule has 0 spiro atoms. The minimum atomic E-state index is -0.337. The number of likely N-dealkylation sites (N-methyl/N-ethyl adjacent to an activating group) is 1. The number of para-hydroxylation sites is 1. The van der Waals surface area contributed by atoms with E-state index in [1.165, 1.54) is 17.7 Å². The highest BCUT2D eigenvalue weighted by atomic mass is 32.1. The Labute approximate surface area is 260 Å². The minimum absolute atomic E-state index is 0.337. The van der Waals surface area contributed by atoms with Crippen LogP contribution in [-0.2, 0) is 0 Å². The van der Waals surface area contributed by atoms with Crippen LogP contribution < -0.4 is 25.4 Å². The second-order valence-corrected chi connectivity index (χ2v) is 11.8. The Balaban J connectivity index is 1.12. The van der Waals surface area contributed by atoms with Crippen molar-refractivity contribution >= 4 is 60.8 Å². The molecule has 3 N–H and O–H groups in total. The summed E-state index contributed by atoms with van der Waals surface area (Å²) >= 11 is 1.40. The lowest BCUT2D eigenvalue weighted by Crippen LogP contribution is -2.44. The molecule has 2 amide bonds. The molecular weight excluding hydrogens is 576 g/mol. The third-order valence-corrected chi connectivity index (χ3v) is 8.59. The van der Waals surface area contributed by atoms with Crippen LogP contribution in [0, 0.1) is 6.92 Å². The van der Waals surface area contributed by atoms with Crippen LogP contribution in [0.3, 0.4) is 0 Å². The van der Waals surface area contributed by atoms with Gasteiger partial charge < -0.3 is 29.9 Å². The third kappa shape index (κ3) is 6.99.